The summed E-state index contributed by atoms with van der Waals surface area (Å²) in [5, 5.41) is 3.01. The molecule has 0 aromatic heterocycles. The number of carbonyl (C=O) groups is 1. The summed E-state index contributed by atoms with van der Waals surface area (Å²) >= 11 is 0. The number of amides is 1. The van der Waals surface area contributed by atoms with Crippen LogP contribution in [0.5, 0.6) is 5.75 Å². The number of anilines is 2. The number of hydrogen-bond acceptors (Lipinski definition) is 5. The maximum atomic E-state index is 12.7. The highest BCUT2D eigenvalue weighted by Gasteiger charge is 2.20. The SMILES string of the molecule is CC1CCN(c2ccc([C@H](C)NC(=O)[C@H](C)Oc3ccc(N(C)S(C)(=O)=O)cc3)cc2)CC1. The quantitative estimate of drug-likeness (QED) is 0.628. The second-order valence-corrected chi connectivity index (χ2v) is 11.0. The van der Waals surface area contributed by atoms with E-state index in [1.165, 1.54) is 29.9 Å². The van der Waals surface area contributed by atoms with Crippen molar-refractivity contribution in [2.24, 2.45) is 5.92 Å². The van der Waals surface area contributed by atoms with E-state index in [1.807, 2.05) is 6.92 Å². The summed E-state index contributed by atoms with van der Waals surface area (Å²) in [4.78, 5) is 15.1. The van der Waals surface area contributed by atoms with E-state index in [0.29, 0.717) is 11.4 Å². The van der Waals surface area contributed by atoms with Crippen molar-refractivity contribution in [3.8, 4) is 5.75 Å². The zero-order valence-corrected chi connectivity index (χ0v) is 20.9. The van der Waals surface area contributed by atoms with Crippen LogP contribution >= 0.6 is 0 Å². The predicted molar refractivity (Wildman–Crippen MR) is 133 cm³/mol. The molecular formula is C25H35N3O4S. The van der Waals surface area contributed by atoms with E-state index in [9.17, 15) is 13.2 Å². The van der Waals surface area contributed by atoms with Crippen LogP contribution in [0.25, 0.3) is 0 Å². The van der Waals surface area contributed by atoms with Gasteiger partial charge in [0.2, 0.25) is 10.0 Å². The highest BCUT2D eigenvalue weighted by Crippen LogP contribution is 2.25. The number of rotatable bonds is 8. The van der Waals surface area contributed by atoms with Crippen molar-refractivity contribution in [1.82, 2.24) is 5.32 Å². The Bertz CT molecular complexity index is 1030. The number of piperidine rings is 1. The van der Waals surface area contributed by atoms with Gasteiger partial charge >= 0.3 is 0 Å². The van der Waals surface area contributed by atoms with Crippen LogP contribution in [-0.4, -0.2) is 46.8 Å². The first-order chi connectivity index (χ1) is 15.5. The Labute approximate surface area is 197 Å². The van der Waals surface area contributed by atoms with Gasteiger partial charge in [0.05, 0.1) is 18.0 Å². The van der Waals surface area contributed by atoms with Gasteiger partial charge in [-0.25, -0.2) is 8.42 Å². The second-order valence-electron chi connectivity index (χ2n) is 8.98. The molecule has 1 amide bonds. The molecule has 0 saturated carbocycles. The maximum absolute atomic E-state index is 12.7. The molecular weight excluding hydrogens is 438 g/mol. The van der Waals surface area contributed by atoms with Crippen LogP contribution in [0, 0.1) is 5.92 Å². The van der Waals surface area contributed by atoms with Gasteiger partial charge in [0.25, 0.3) is 5.91 Å². The van der Waals surface area contributed by atoms with Crippen molar-refractivity contribution in [3.63, 3.8) is 0 Å². The van der Waals surface area contributed by atoms with Crippen molar-refractivity contribution in [1.29, 1.82) is 0 Å². The van der Waals surface area contributed by atoms with Crippen LogP contribution < -0.4 is 19.3 Å². The molecule has 1 aliphatic rings. The lowest BCUT2D eigenvalue weighted by molar-refractivity contribution is -0.127. The molecule has 0 bridgehead atoms. The minimum atomic E-state index is -3.33. The van der Waals surface area contributed by atoms with Gasteiger partial charge in [-0.3, -0.25) is 9.10 Å². The van der Waals surface area contributed by atoms with Crippen LogP contribution in [0.4, 0.5) is 11.4 Å². The summed E-state index contributed by atoms with van der Waals surface area (Å²) in [7, 11) is -1.84. The van der Waals surface area contributed by atoms with Gasteiger partial charge in [0.15, 0.2) is 6.10 Å². The molecule has 0 unspecified atom stereocenters. The van der Waals surface area contributed by atoms with Crippen molar-refractivity contribution >= 4 is 27.3 Å². The maximum Gasteiger partial charge on any atom is 0.261 e. The smallest absolute Gasteiger partial charge is 0.261 e. The van der Waals surface area contributed by atoms with E-state index in [0.717, 1.165) is 30.8 Å². The predicted octanol–water partition coefficient (Wildman–Crippen LogP) is 3.96. The first-order valence-electron chi connectivity index (χ1n) is 11.4. The van der Waals surface area contributed by atoms with Gasteiger partial charge in [-0.05, 0) is 74.6 Å². The summed E-state index contributed by atoms with van der Waals surface area (Å²) < 4.78 is 30.2. The normalized spacial score (nSPS) is 16.7. The van der Waals surface area contributed by atoms with Crippen molar-refractivity contribution < 1.29 is 17.9 Å². The third-order valence-electron chi connectivity index (χ3n) is 6.28. The fourth-order valence-corrected chi connectivity index (χ4v) is 4.34. The topological polar surface area (TPSA) is 79.0 Å². The summed E-state index contributed by atoms with van der Waals surface area (Å²) in [6.45, 7) is 8.14. The van der Waals surface area contributed by atoms with Crippen LogP contribution in [-0.2, 0) is 14.8 Å². The molecule has 1 fully saturated rings. The first-order valence-corrected chi connectivity index (χ1v) is 13.3. The number of ether oxygens (including phenoxy) is 1. The van der Waals surface area contributed by atoms with Crippen LogP contribution in [0.3, 0.4) is 0 Å². The molecule has 3 rings (SSSR count). The third kappa shape index (κ3) is 6.63. The summed E-state index contributed by atoms with van der Waals surface area (Å²) in [5.41, 5.74) is 2.79. The van der Waals surface area contributed by atoms with E-state index < -0.39 is 16.1 Å². The molecule has 0 spiro atoms. The second kappa shape index (κ2) is 10.5. The van der Waals surface area contributed by atoms with Crippen molar-refractivity contribution in [2.75, 3.05) is 35.6 Å². The number of nitrogens with one attached hydrogen (secondary N) is 1. The molecule has 2 atom stereocenters. The molecule has 180 valence electrons. The van der Waals surface area contributed by atoms with Gasteiger partial charge in [0.1, 0.15) is 5.75 Å². The lowest BCUT2D eigenvalue weighted by Crippen LogP contribution is -2.37. The fraction of sp³-hybridized carbons (Fsp3) is 0.480. The van der Waals surface area contributed by atoms with E-state index >= 15 is 0 Å². The Morgan fingerprint density at radius 1 is 1.06 bits per heavy atom. The molecule has 33 heavy (non-hydrogen) atoms. The first kappa shape index (κ1) is 24.9. The highest BCUT2D eigenvalue weighted by atomic mass is 32.2. The van der Waals surface area contributed by atoms with Crippen LogP contribution in [0.2, 0.25) is 0 Å². The average molecular weight is 474 g/mol. The van der Waals surface area contributed by atoms with E-state index in [-0.39, 0.29) is 11.9 Å². The fourth-order valence-electron chi connectivity index (χ4n) is 3.84. The molecule has 2 aromatic rings. The van der Waals surface area contributed by atoms with Gasteiger partial charge in [-0.1, -0.05) is 19.1 Å². The molecule has 1 aliphatic heterocycles. The van der Waals surface area contributed by atoms with Crippen molar-refractivity contribution in [2.45, 2.75) is 45.8 Å². The number of hydrogen-bond donors (Lipinski definition) is 1. The minimum Gasteiger partial charge on any atom is -0.481 e. The minimum absolute atomic E-state index is 0.148. The Balaban J connectivity index is 1.53. The number of sulfonamides is 1. The third-order valence-corrected chi connectivity index (χ3v) is 7.49. The molecule has 2 aromatic carbocycles. The number of nitrogens with zero attached hydrogens (tertiary/aromatic N) is 2. The molecule has 7 nitrogen and oxygen atoms in total. The number of benzene rings is 2. The molecule has 1 heterocycles. The van der Waals surface area contributed by atoms with Crippen LogP contribution in [0.15, 0.2) is 48.5 Å². The Hall–Kier alpha value is -2.74. The molecule has 0 radical (unpaired) electrons. The van der Waals surface area contributed by atoms with Crippen LogP contribution in [0.1, 0.15) is 45.2 Å². The van der Waals surface area contributed by atoms with Gasteiger partial charge in [0, 0.05) is 25.8 Å². The van der Waals surface area contributed by atoms with Gasteiger partial charge < -0.3 is 15.0 Å². The molecule has 1 N–H and O–H groups in total. The van der Waals surface area contributed by atoms with Crippen molar-refractivity contribution in [3.05, 3.63) is 54.1 Å². The lowest BCUT2D eigenvalue weighted by Gasteiger charge is -2.32. The molecule has 1 saturated heterocycles. The van der Waals surface area contributed by atoms with Gasteiger partial charge in [-0.15, -0.1) is 0 Å². The molecule has 0 aliphatic carbocycles. The Kier molecular flexibility index (Phi) is 7.89. The summed E-state index contributed by atoms with van der Waals surface area (Å²) in [6.07, 6.45) is 2.90. The van der Waals surface area contributed by atoms with E-state index in [1.54, 1.807) is 31.2 Å². The monoisotopic (exact) mass is 473 g/mol. The Morgan fingerprint density at radius 2 is 1.64 bits per heavy atom. The largest absolute Gasteiger partial charge is 0.481 e. The van der Waals surface area contributed by atoms with Gasteiger partial charge in [-0.2, -0.15) is 0 Å². The standard InChI is InChI=1S/C25H35N3O4S/c1-18-14-16-28(17-15-18)23-8-6-21(7-9-23)19(2)26-25(29)20(3)32-24-12-10-22(11-13-24)27(4)33(5,30)31/h6-13,18-20H,14-17H2,1-5H3,(H,26,29)/t19-,20-/m0/s1. The van der Waals surface area contributed by atoms with E-state index in [2.05, 4.69) is 41.4 Å². The van der Waals surface area contributed by atoms with E-state index in [4.69, 9.17) is 4.74 Å². The number of carbonyl (C=O) groups excluding carboxylic acids is 1. The zero-order chi connectivity index (χ0) is 24.2. The lowest BCUT2D eigenvalue weighted by atomic mass is 9.98. The summed E-state index contributed by atoms with van der Waals surface area (Å²) in [6, 6.07) is 14.9. The summed E-state index contributed by atoms with van der Waals surface area (Å²) in [5.74, 6) is 1.08. The average Bonchev–Trinajstić information content (AvgIpc) is 2.79. The molecule has 8 heteroatoms. The highest BCUT2D eigenvalue weighted by molar-refractivity contribution is 7.92. The Morgan fingerprint density at radius 3 is 2.18 bits per heavy atom. The zero-order valence-electron chi connectivity index (χ0n) is 20.1.